The number of rotatable bonds is 9. The van der Waals surface area contributed by atoms with Gasteiger partial charge in [-0.2, -0.15) is 0 Å². The van der Waals surface area contributed by atoms with Gasteiger partial charge in [-0.1, -0.05) is 50.2 Å². The van der Waals surface area contributed by atoms with E-state index in [0.29, 0.717) is 29.6 Å². The standard InChI is InChI=1S/C22H26N2O4/c1-15(2)14-28-18-11-9-16(13-19(18)27-3)10-12-20(25)24-21(22(23)26)17-7-5-4-6-8-17/h4-13,15,21H,14H2,1-3H3,(H2,23,26)(H,24,25)/b12-10+. The number of benzene rings is 2. The van der Waals surface area contributed by atoms with Crippen LogP contribution in [0, 0.1) is 5.92 Å². The van der Waals surface area contributed by atoms with Gasteiger partial charge in [0.25, 0.3) is 0 Å². The molecule has 0 spiro atoms. The number of hydrogen-bond donors (Lipinski definition) is 2. The highest BCUT2D eigenvalue weighted by Crippen LogP contribution is 2.29. The van der Waals surface area contributed by atoms with Crippen molar-refractivity contribution in [1.82, 2.24) is 5.32 Å². The Hall–Kier alpha value is -3.28. The van der Waals surface area contributed by atoms with Gasteiger partial charge in [0.2, 0.25) is 11.8 Å². The van der Waals surface area contributed by atoms with Crippen LogP contribution in [0.3, 0.4) is 0 Å². The van der Waals surface area contributed by atoms with Crippen LogP contribution < -0.4 is 20.5 Å². The predicted octanol–water partition coefficient (Wildman–Crippen LogP) is 3.09. The maximum atomic E-state index is 12.2. The molecule has 0 bridgehead atoms. The molecule has 6 heteroatoms. The molecule has 6 nitrogen and oxygen atoms in total. The monoisotopic (exact) mass is 382 g/mol. The van der Waals surface area contributed by atoms with Crippen molar-refractivity contribution in [2.75, 3.05) is 13.7 Å². The number of methoxy groups -OCH3 is 1. The molecule has 0 fully saturated rings. The van der Waals surface area contributed by atoms with Crippen LogP contribution in [0.4, 0.5) is 0 Å². The first kappa shape index (κ1) is 21.0. The molecule has 2 aromatic rings. The lowest BCUT2D eigenvalue weighted by Crippen LogP contribution is -2.36. The maximum absolute atomic E-state index is 12.2. The molecule has 0 heterocycles. The summed E-state index contributed by atoms with van der Waals surface area (Å²) in [5.41, 5.74) is 6.81. The Balaban J connectivity index is 2.07. The van der Waals surface area contributed by atoms with Crippen molar-refractivity contribution in [3.05, 3.63) is 65.7 Å². The molecular formula is C22H26N2O4. The van der Waals surface area contributed by atoms with Gasteiger partial charge in [-0.05, 0) is 35.3 Å². The van der Waals surface area contributed by atoms with Crippen LogP contribution in [0.25, 0.3) is 6.08 Å². The molecule has 1 unspecified atom stereocenters. The lowest BCUT2D eigenvalue weighted by molar-refractivity contribution is -0.125. The van der Waals surface area contributed by atoms with Crippen LogP contribution in [0.2, 0.25) is 0 Å². The van der Waals surface area contributed by atoms with Crippen molar-refractivity contribution in [3.8, 4) is 11.5 Å². The van der Waals surface area contributed by atoms with E-state index in [2.05, 4.69) is 19.2 Å². The van der Waals surface area contributed by atoms with E-state index >= 15 is 0 Å². The number of nitrogens with one attached hydrogen (secondary N) is 1. The van der Waals surface area contributed by atoms with Gasteiger partial charge >= 0.3 is 0 Å². The fourth-order valence-corrected chi connectivity index (χ4v) is 2.49. The molecule has 2 amide bonds. The van der Waals surface area contributed by atoms with Crippen molar-refractivity contribution in [2.24, 2.45) is 11.7 Å². The van der Waals surface area contributed by atoms with Crippen LogP contribution in [0.15, 0.2) is 54.6 Å². The van der Waals surface area contributed by atoms with Gasteiger partial charge in [-0.15, -0.1) is 0 Å². The zero-order valence-corrected chi connectivity index (χ0v) is 16.3. The largest absolute Gasteiger partial charge is 0.493 e. The molecule has 148 valence electrons. The molecule has 0 aliphatic heterocycles. The first-order valence-electron chi connectivity index (χ1n) is 9.04. The number of carbonyl (C=O) groups excluding carboxylic acids is 2. The van der Waals surface area contributed by atoms with Gasteiger partial charge in [-0.3, -0.25) is 9.59 Å². The molecule has 0 aliphatic rings. The van der Waals surface area contributed by atoms with E-state index in [1.807, 2.05) is 12.1 Å². The van der Waals surface area contributed by atoms with Crippen molar-refractivity contribution in [1.29, 1.82) is 0 Å². The average molecular weight is 382 g/mol. The van der Waals surface area contributed by atoms with Crippen LogP contribution in [0.5, 0.6) is 11.5 Å². The Morgan fingerprint density at radius 1 is 1.11 bits per heavy atom. The van der Waals surface area contributed by atoms with E-state index in [-0.39, 0.29) is 0 Å². The molecule has 1 atom stereocenters. The Morgan fingerprint density at radius 3 is 2.43 bits per heavy atom. The molecule has 0 radical (unpaired) electrons. The van der Waals surface area contributed by atoms with Crippen LogP contribution >= 0.6 is 0 Å². The van der Waals surface area contributed by atoms with E-state index in [1.54, 1.807) is 49.6 Å². The van der Waals surface area contributed by atoms with Gasteiger partial charge < -0.3 is 20.5 Å². The molecule has 0 saturated carbocycles. The third-order valence-electron chi connectivity index (χ3n) is 3.89. The maximum Gasteiger partial charge on any atom is 0.244 e. The Labute approximate surface area is 165 Å². The highest BCUT2D eigenvalue weighted by Gasteiger charge is 2.18. The lowest BCUT2D eigenvalue weighted by atomic mass is 10.1. The predicted molar refractivity (Wildman–Crippen MR) is 109 cm³/mol. The molecule has 0 aliphatic carbocycles. The normalized spacial score (nSPS) is 12.0. The number of primary amides is 1. The van der Waals surface area contributed by atoms with Gasteiger partial charge in [-0.25, -0.2) is 0 Å². The summed E-state index contributed by atoms with van der Waals surface area (Å²) in [6.07, 6.45) is 2.98. The van der Waals surface area contributed by atoms with Crippen molar-refractivity contribution >= 4 is 17.9 Å². The lowest BCUT2D eigenvalue weighted by Gasteiger charge is -2.14. The van der Waals surface area contributed by atoms with E-state index in [9.17, 15) is 9.59 Å². The minimum Gasteiger partial charge on any atom is -0.493 e. The zero-order chi connectivity index (χ0) is 20.5. The molecule has 28 heavy (non-hydrogen) atoms. The summed E-state index contributed by atoms with van der Waals surface area (Å²) in [4.78, 5) is 23.9. The van der Waals surface area contributed by atoms with Crippen molar-refractivity contribution in [2.45, 2.75) is 19.9 Å². The second-order valence-electron chi connectivity index (χ2n) is 6.70. The molecule has 3 N–H and O–H groups in total. The second kappa shape index (κ2) is 10.2. The zero-order valence-electron chi connectivity index (χ0n) is 16.3. The van der Waals surface area contributed by atoms with Gasteiger partial charge in [0.15, 0.2) is 11.5 Å². The number of carbonyl (C=O) groups is 2. The minimum atomic E-state index is -0.889. The van der Waals surface area contributed by atoms with E-state index in [0.717, 1.165) is 5.56 Å². The average Bonchev–Trinajstić information content (AvgIpc) is 2.69. The highest BCUT2D eigenvalue weighted by atomic mass is 16.5. The number of amides is 2. The second-order valence-corrected chi connectivity index (χ2v) is 6.70. The summed E-state index contributed by atoms with van der Waals surface area (Å²) in [6, 6.07) is 13.4. The van der Waals surface area contributed by atoms with Crippen LogP contribution in [0.1, 0.15) is 31.0 Å². The van der Waals surface area contributed by atoms with E-state index in [4.69, 9.17) is 15.2 Å². The number of ether oxygens (including phenoxy) is 2. The third-order valence-corrected chi connectivity index (χ3v) is 3.89. The summed E-state index contributed by atoms with van der Waals surface area (Å²) in [7, 11) is 1.56. The van der Waals surface area contributed by atoms with Crippen molar-refractivity contribution in [3.63, 3.8) is 0 Å². The molecule has 2 rings (SSSR count). The Bertz CT molecular complexity index is 832. The van der Waals surface area contributed by atoms with Gasteiger partial charge in [0.1, 0.15) is 6.04 Å². The SMILES string of the molecule is COc1cc(/C=C/C(=O)NC(C(N)=O)c2ccccc2)ccc1OCC(C)C. The molecule has 2 aromatic carbocycles. The topological polar surface area (TPSA) is 90.6 Å². The van der Waals surface area contributed by atoms with Gasteiger partial charge in [0, 0.05) is 6.08 Å². The Morgan fingerprint density at radius 2 is 1.82 bits per heavy atom. The fraction of sp³-hybridized carbons (Fsp3) is 0.273. The molecular weight excluding hydrogens is 356 g/mol. The Kier molecular flexibility index (Phi) is 7.63. The summed E-state index contributed by atoms with van der Waals surface area (Å²) >= 11 is 0. The smallest absolute Gasteiger partial charge is 0.244 e. The minimum absolute atomic E-state index is 0.399. The fourth-order valence-electron chi connectivity index (χ4n) is 2.49. The summed E-state index contributed by atoms with van der Waals surface area (Å²) < 4.78 is 11.1. The first-order valence-corrected chi connectivity index (χ1v) is 9.04. The van der Waals surface area contributed by atoms with E-state index < -0.39 is 17.9 Å². The van der Waals surface area contributed by atoms with Crippen LogP contribution in [-0.4, -0.2) is 25.5 Å². The van der Waals surface area contributed by atoms with Crippen molar-refractivity contribution < 1.29 is 19.1 Å². The van der Waals surface area contributed by atoms with Crippen LogP contribution in [-0.2, 0) is 9.59 Å². The van der Waals surface area contributed by atoms with Gasteiger partial charge in [0.05, 0.1) is 13.7 Å². The summed E-state index contributed by atoms with van der Waals surface area (Å²) in [5, 5.41) is 2.62. The highest BCUT2D eigenvalue weighted by molar-refractivity contribution is 5.95. The number of nitrogens with two attached hydrogens (primary N) is 1. The quantitative estimate of drug-likeness (QED) is 0.652. The third kappa shape index (κ3) is 6.16. The summed E-state index contributed by atoms with van der Waals surface area (Å²) in [5.74, 6) is 0.585. The molecule has 0 saturated heterocycles. The molecule has 0 aromatic heterocycles. The first-order chi connectivity index (χ1) is 13.4. The summed E-state index contributed by atoms with van der Waals surface area (Å²) in [6.45, 7) is 4.72. The number of hydrogen-bond acceptors (Lipinski definition) is 4. The van der Waals surface area contributed by atoms with E-state index in [1.165, 1.54) is 6.08 Å².